The molecule has 0 aliphatic carbocycles. The van der Waals surface area contributed by atoms with Gasteiger partial charge < -0.3 is 14.5 Å². The van der Waals surface area contributed by atoms with E-state index < -0.39 is 6.10 Å². The molecule has 0 radical (unpaired) electrons. The molecular formula is C18H29N3O3. The molecule has 1 aromatic heterocycles. The molecule has 1 aromatic rings. The smallest absolute Gasteiger partial charge is 0.222 e. The number of piperidine rings is 2. The summed E-state index contributed by atoms with van der Waals surface area (Å²) in [7, 11) is 0. The zero-order valence-electron chi connectivity index (χ0n) is 15.0. The van der Waals surface area contributed by atoms with Gasteiger partial charge in [0.2, 0.25) is 5.91 Å². The summed E-state index contributed by atoms with van der Waals surface area (Å²) in [4.78, 5) is 16.4. The van der Waals surface area contributed by atoms with Crippen molar-refractivity contribution in [2.24, 2.45) is 5.41 Å². The highest BCUT2D eigenvalue weighted by atomic mass is 16.5. The zero-order chi connectivity index (χ0) is 17.3. The molecule has 0 saturated carbocycles. The van der Waals surface area contributed by atoms with Crippen LogP contribution in [0.5, 0.6) is 0 Å². The molecule has 2 fully saturated rings. The first-order valence-electron chi connectivity index (χ1n) is 8.98. The van der Waals surface area contributed by atoms with Crippen molar-refractivity contribution in [3.05, 3.63) is 17.0 Å². The lowest BCUT2D eigenvalue weighted by molar-refractivity contribution is -0.140. The summed E-state index contributed by atoms with van der Waals surface area (Å²) in [6, 6.07) is 0. The van der Waals surface area contributed by atoms with Gasteiger partial charge >= 0.3 is 0 Å². The Kier molecular flexibility index (Phi) is 4.97. The van der Waals surface area contributed by atoms with Gasteiger partial charge in [0.1, 0.15) is 5.76 Å². The molecule has 1 amide bonds. The van der Waals surface area contributed by atoms with E-state index in [9.17, 15) is 9.90 Å². The third-order valence-electron chi connectivity index (χ3n) is 5.71. The number of aliphatic hydroxyl groups excluding tert-OH is 1. The third-order valence-corrected chi connectivity index (χ3v) is 5.71. The summed E-state index contributed by atoms with van der Waals surface area (Å²) in [6.07, 6.45) is 3.38. The summed E-state index contributed by atoms with van der Waals surface area (Å²) in [5.41, 5.74) is 2.43. The van der Waals surface area contributed by atoms with Crippen molar-refractivity contribution in [3.8, 4) is 0 Å². The minimum Gasteiger partial charge on any atom is -0.392 e. The van der Waals surface area contributed by atoms with Gasteiger partial charge in [-0.3, -0.25) is 9.69 Å². The van der Waals surface area contributed by atoms with Crippen molar-refractivity contribution < 1.29 is 14.4 Å². The summed E-state index contributed by atoms with van der Waals surface area (Å²) >= 11 is 0. The molecule has 0 bridgehead atoms. The molecule has 6 heteroatoms. The number of aryl methyl sites for hydroxylation is 2. The maximum atomic E-state index is 12.1. The molecule has 3 heterocycles. The molecule has 2 aliphatic heterocycles. The van der Waals surface area contributed by atoms with Crippen molar-refractivity contribution in [1.29, 1.82) is 0 Å². The molecule has 1 spiro atoms. The molecule has 1 N–H and O–H groups in total. The Morgan fingerprint density at radius 3 is 2.58 bits per heavy atom. The fourth-order valence-corrected chi connectivity index (χ4v) is 4.13. The average molecular weight is 335 g/mol. The number of carbonyl (C=O) groups excluding carboxylic acids is 1. The molecule has 134 valence electrons. The summed E-state index contributed by atoms with van der Waals surface area (Å²) in [5, 5.41) is 13.7. The third kappa shape index (κ3) is 3.64. The van der Waals surface area contributed by atoms with Crippen LogP contribution in [0.3, 0.4) is 0 Å². The molecule has 3 rings (SSSR count). The van der Waals surface area contributed by atoms with Crippen LogP contribution in [0.25, 0.3) is 0 Å². The highest BCUT2D eigenvalue weighted by Crippen LogP contribution is 2.40. The number of aliphatic hydroxyl groups is 1. The van der Waals surface area contributed by atoms with Gasteiger partial charge in [-0.25, -0.2) is 0 Å². The van der Waals surface area contributed by atoms with Crippen LogP contribution in [0.15, 0.2) is 4.52 Å². The topological polar surface area (TPSA) is 69.8 Å². The Labute approximate surface area is 143 Å². The van der Waals surface area contributed by atoms with Crippen LogP contribution >= 0.6 is 0 Å². The van der Waals surface area contributed by atoms with Crippen LogP contribution < -0.4 is 0 Å². The van der Waals surface area contributed by atoms with E-state index in [1.807, 2.05) is 18.7 Å². The fourth-order valence-electron chi connectivity index (χ4n) is 4.13. The number of β-amino-alcohol motifs (C(OH)–C–C–N with tert-alkyl or cyclic N) is 1. The van der Waals surface area contributed by atoms with E-state index in [1.165, 1.54) is 5.56 Å². The van der Waals surface area contributed by atoms with E-state index in [0.29, 0.717) is 13.0 Å². The Bertz CT molecular complexity index is 569. The first-order valence-corrected chi connectivity index (χ1v) is 8.98. The highest BCUT2D eigenvalue weighted by molar-refractivity contribution is 5.77. The fraction of sp³-hybridized carbons (Fsp3) is 0.778. The van der Waals surface area contributed by atoms with Crippen LogP contribution in [0, 0.1) is 19.3 Å². The van der Waals surface area contributed by atoms with Gasteiger partial charge in [0.05, 0.1) is 11.8 Å². The van der Waals surface area contributed by atoms with Gasteiger partial charge in [0, 0.05) is 31.6 Å². The van der Waals surface area contributed by atoms with E-state index in [-0.39, 0.29) is 11.3 Å². The Morgan fingerprint density at radius 2 is 2.00 bits per heavy atom. The van der Waals surface area contributed by atoms with Gasteiger partial charge in [-0.15, -0.1) is 0 Å². The second-order valence-corrected chi connectivity index (χ2v) is 7.70. The van der Waals surface area contributed by atoms with Gasteiger partial charge in [-0.2, -0.15) is 0 Å². The summed E-state index contributed by atoms with van der Waals surface area (Å²) < 4.78 is 5.26. The second-order valence-electron chi connectivity index (χ2n) is 7.70. The number of nitrogens with zero attached hydrogens (tertiary/aromatic N) is 3. The van der Waals surface area contributed by atoms with E-state index in [2.05, 4.69) is 10.1 Å². The number of hydrogen-bond acceptors (Lipinski definition) is 5. The number of hydrogen-bond donors (Lipinski definition) is 1. The maximum Gasteiger partial charge on any atom is 0.222 e. The Hall–Kier alpha value is -1.40. The number of likely N-dealkylation sites (tertiary alicyclic amines) is 2. The van der Waals surface area contributed by atoms with Crippen LogP contribution in [-0.2, 0) is 11.3 Å². The number of aromatic nitrogens is 1. The van der Waals surface area contributed by atoms with Crippen LogP contribution in [0.4, 0.5) is 0 Å². The largest absolute Gasteiger partial charge is 0.392 e. The van der Waals surface area contributed by atoms with E-state index in [0.717, 1.165) is 56.9 Å². The normalized spacial score (nSPS) is 23.0. The molecule has 24 heavy (non-hydrogen) atoms. The average Bonchev–Trinajstić information content (AvgIpc) is 2.85. The van der Waals surface area contributed by atoms with Crippen molar-refractivity contribution in [2.75, 3.05) is 26.2 Å². The van der Waals surface area contributed by atoms with E-state index in [4.69, 9.17) is 4.52 Å². The van der Waals surface area contributed by atoms with Crippen LogP contribution in [-0.4, -0.2) is 58.3 Å². The van der Waals surface area contributed by atoms with Crippen LogP contribution in [0.2, 0.25) is 0 Å². The van der Waals surface area contributed by atoms with Crippen molar-refractivity contribution >= 4 is 5.91 Å². The number of amides is 1. The zero-order valence-corrected chi connectivity index (χ0v) is 15.0. The lowest BCUT2D eigenvalue weighted by Gasteiger charge is -2.47. The predicted octanol–water partition coefficient (Wildman–Crippen LogP) is 1.88. The van der Waals surface area contributed by atoms with E-state index in [1.54, 1.807) is 6.92 Å². The minimum atomic E-state index is -0.455. The van der Waals surface area contributed by atoms with Gasteiger partial charge in [-0.1, -0.05) is 5.16 Å². The molecular weight excluding hydrogens is 306 g/mol. The quantitative estimate of drug-likeness (QED) is 0.910. The van der Waals surface area contributed by atoms with Crippen molar-refractivity contribution in [3.63, 3.8) is 0 Å². The van der Waals surface area contributed by atoms with Gasteiger partial charge in [0.25, 0.3) is 0 Å². The van der Waals surface area contributed by atoms with E-state index >= 15 is 0 Å². The number of rotatable bonds is 4. The molecule has 6 nitrogen and oxygen atoms in total. The van der Waals surface area contributed by atoms with Crippen molar-refractivity contribution in [2.45, 2.75) is 59.1 Å². The molecule has 1 atom stereocenters. The van der Waals surface area contributed by atoms with Gasteiger partial charge in [-0.05, 0) is 58.5 Å². The number of carbonyl (C=O) groups is 1. The molecule has 2 aliphatic rings. The molecule has 1 unspecified atom stereocenters. The monoisotopic (exact) mass is 335 g/mol. The first-order chi connectivity index (χ1) is 11.4. The van der Waals surface area contributed by atoms with Crippen LogP contribution in [0.1, 0.15) is 49.6 Å². The molecule has 0 aromatic carbocycles. The first kappa shape index (κ1) is 17.4. The predicted molar refractivity (Wildman–Crippen MR) is 90.4 cm³/mol. The standard InChI is InChI=1S/C18H29N3O3/c1-13(22)10-21-12-18(5-4-17(21)23)6-8-20(9-7-18)11-16-14(2)19-24-15(16)3/h13,22H,4-12H2,1-3H3. The SMILES string of the molecule is Cc1noc(C)c1CN1CCC2(CCC(=O)N(CC(C)O)C2)CC1. The second kappa shape index (κ2) is 6.84. The lowest BCUT2D eigenvalue weighted by atomic mass is 9.72. The Balaban J connectivity index is 1.59. The minimum absolute atomic E-state index is 0.194. The summed E-state index contributed by atoms with van der Waals surface area (Å²) in [5.74, 6) is 1.11. The maximum absolute atomic E-state index is 12.1. The Morgan fingerprint density at radius 1 is 1.29 bits per heavy atom. The summed E-state index contributed by atoms with van der Waals surface area (Å²) in [6.45, 7) is 9.97. The molecule has 2 saturated heterocycles. The lowest BCUT2D eigenvalue weighted by Crippen LogP contribution is -2.52. The van der Waals surface area contributed by atoms with Crippen molar-refractivity contribution in [1.82, 2.24) is 15.0 Å². The highest BCUT2D eigenvalue weighted by Gasteiger charge is 2.41. The van der Waals surface area contributed by atoms with Gasteiger partial charge in [0.15, 0.2) is 0 Å².